The third-order valence-corrected chi connectivity index (χ3v) is 6.38. The number of nitrogens with zero attached hydrogens (tertiary/aromatic N) is 3. The lowest BCUT2D eigenvalue weighted by Crippen LogP contribution is -2.49. The zero-order valence-corrected chi connectivity index (χ0v) is 18.7. The SMILES string of the molecule is Cc1nc2c(C(=O)N3CCN(c4ccc5oc(OC(=O)O)cc5c4Br)CC3)cccc2[nH]1. The summed E-state index contributed by atoms with van der Waals surface area (Å²) in [5.74, 6) is 0.673. The Kier molecular flexibility index (Phi) is 5.01. The first-order chi connectivity index (χ1) is 15.4. The maximum absolute atomic E-state index is 13.2. The van der Waals surface area contributed by atoms with Crippen LogP contribution in [0.15, 0.2) is 45.3 Å². The first-order valence-corrected chi connectivity index (χ1v) is 10.8. The molecule has 9 nitrogen and oxygen atoms in total. The molecule has 3 heterocycles. The average Bonchev–Trinajstić information content (AvgIpc) is 3.35. The van der Waals surface area contributed by atoms with E-state index in [1.165, 1.54) is 0 Å². The van der Waals surface area contributed by atoms with Gasteiger partial charge in [-0.15, -0.1) is 0 Å². The van der Waals surface area contributed by atoms with Crippen LogP contribution < -0.4 is 9.64 Å². The van der Waals surface area contributed by atoms with Crippen molar-refractivity contribution in [2.75, 3.05) is 31.1 Å². The van der Waals surface area contributed by atoms with Crippen molar-refractivity contribution in [3.8, 4) is 5.95 Å². The van der Waals surface area contributed by atoms with E-state index < -0.39 is 6.16 Å². The molecule has 2 aromatic carbocycles. The van der Waals surface area contributed by atoms with Gasteiger partial charge in [0.1, 0.15) is 16.9 Å². The molecule has 4 aromatic rings. The number of nitrogens with one attached hydrogen (secondary N) is 1. The van der Waals surface area contributed by atoms with Crippen LogP contribution in [0.25, 0.3) is 22.0 Å². The zero-order chi connectivity index (χ0) is 22.4. The molecule has 2 aromatic heterocycles. The highest BCUT2D eigenvalue weighted by atomic mass is 79.9. The summed E-state index contributed by atoms with van der Waals surface area (Å²) in [6, 6.07) is 10.8. The van der Waals surface area contributed by atoms with Crippen LogP contribution in [0.4, 0.5) is 10.5 Å². The summed E-state index contributed by atoms with van der Waals surface area (Å²) in [5, 5.41) is 9.51. The van der Waals surface area contributed by atoms with Crippen molar-refractivity contribution in [2.24, 2.45) is 0 Å². The van der Waals surface area contributed by atoms with Crippen LogP contribution in [0.1, 0.15) is 16.2 Å². The number of imidazole rings is 1. The van der Waals surface area contributed by atoms with E-state index in [1.807, 2.05) is 36.1 Å². The molecule has 32 heavy (non-hydrogen) atoms. The summed E-state index contributed by atoms with van der Waals surface area (Å²) in [6.07, 6.45) is -1.43. The molecule has 10 heteroatoms. The minimum atomic E-state index is -1.43. The number of hydrogen-bond donors (Lipinski definition) is 2. The smallest absolute Gasteiger partial charge is 0.449 e. The molecular weight excluding hydrogens is 480 g/mol. The van der Waals surface area contributed by atoms with Crippen LogP contribution in [-0.2, 0) is 0 Å². The lowest BCUT2D eigenvalue weighted by molar-refractivity contribution is 0.0748. The number of carbonyl (C=O) groups is 2. The van der Waals surface area contributed by atoms with Gasteiger partial charge in [-0.25, -0.2) is 9.78 Å². The van der Waals surface area contributed by atoms with Crippen LogP contribution >= 0.6 is 15.9 Å². The van der Waals surface area contributed by atoms with Crippen molar-refractivity contribution in [3.05, 3.63) is 52.3 Å². The van der Waals surface area contributed by atoms with Crippen molar-refractivity contribution in [1.29, 1.82) is 0 Å². The van der Waals surface area contributed by atoms with Gasteiger partial charge in [-0.3, -0.25) is 4.79 Å². The average molecular weight is 499 g/mol. The molecule has 164 valence electrons. The molecule has 2 N–H and O–H groups in total. The Morgan fingerprint density at radius 2 is 1.97 bits per heavy atom. The van der Waals surface area contributed by atoms with Gasteiger partial charge in [0.15, 0.2) is 0 Å². The fraction of sp³-hybridized carbons (Fsp3) is 0.227. The van der Waals surface area contributed by atoms with Gasteiger partial charge in [0.25, 0.3) is 11.9 Å². The number of amides is 1. The highest BCUT2D eigenvalue weighted by Crippen LogP contribution is 2.38. The zero-order valence-electron chi connectivity index (χ0n) is 17.1. The number of piperazine rings is 1. The summed E-state index contributed by atoms with van der Waals surface area (Å²) >= 11 is 3.61. The van der Waals surface area contributed by atoms with Crippen molar-refractivity contribution in [1.82, 2.24) is 14.9 Å². The minimum absolute atomic E-state index is 0.0263. The summed E-state index contributed by atoms with van der Waals surface area (Å²) in [4.78, 5) is 35.6. The normalized spacial score (nSPS) is 14.3. The molecule has 1 amide bonds. The summed E-state index contributed by atoms with van der Waals surface area (Å²) in [5.41, 5.74) is 3.62. The molecule has 5 rings (SSSR count). The van der Waals surface area contributed by atoms with Crippen LogP contribution in [-0.4, -0.2) is 58.2 Å². The number of rotatable bonds is 3. The molecule has 0 unspecified atom stereocenters. The maximum Gasteiger partial charge on any atom is 0.513 e. The standard InChI is InChI=1S/C22H19BrN4O5/c1-12-24-15-4-2-3-13(20(15)25-12)21(28)27-9-7-26(8-10-27)16-5-6-17-14(19(16)23)11-18(31-17)32-22(29)30/h2-6,11H,7-10H2,1H3,(H,24,25)(H,29,30). The van der Waals surface area contributed by atoms with Crippen molar-refractivity contribution >= 4 is 55.7 Å². The van der Waals surface area contributed by atoms with Gasteiger partial charge in [0.2, 0.25) is 0 Å². The predicted octanol–water partition coefficient (Wildman–Crippen LogP) is 4.40. The van der Waals surface area contributed by atoms with Gasteiger partial charge in [-0.05, 0) is 47.1 Å². The van der Waals surface area contributed by atoms with E-state index in [-0.39, 0.29) is 11.9 Å². The van der Waals surface area contributed by atoms with E-state index in [4.69, 9.17) is 9.52 Å². The molecule has 0 saturated carbocycles. The third-order valence-electron chi connectivity index (χ3n) is 5.55. The van der Waals surface area contributed by atoms with E-state index in [0.717, 1.165) is 26.9 Å². The number of halogens is 1. The number of anilines is 1. The van der Waals surface area contributed by atoms with Gasteiger partial charge in [-0.2, -0.15) is 0 Å². The third kappa shape index (κ3) is 3.56. The second-order valence-corrected chi connectivity index (χ2v) is 8.34. The Labute approximate surface area is 190 Å². The second-order valence-electron chi connectivity index (χ2n) is 7.55. The van der Waals surface area contributed by atoms with Gasteiger partial charge >= 0.3 is 6.16 Å². The number of aryl methyl sites for hydroxylation is 1. The molecule has 0 atom stereocenters. The number of para-hydroxylation sites is 1. The fourth-order valence-electron chi connectivity index (χ4n) is 4.07. The highest BCUT2D eigenvalue weighted by Gasteiger charge is 2.26. The molecule has 1 saturated heterocycles. The van der Waals surface area contributed by atoms with E-state index in [9.17, 15) is 9.59 Å². The number of aromatic nitrogens is 2. The largest absolute Gasteiger partial charge is 0.513 e. The first-order valence-electron chi connectivity index (χ1n) is 10.0. The van der Waals surface area contributed by atoms with Crippen molar-refractivity contribution < 1.29 is 23.8 Å². The molecule has 1 aliphatic rings. The number of furan rings is 1. The molecular formula is C22H19BrN4O5. The van der Waals surface area contributed by atoms with Crippen LogP contribution in [0.2, 0.25) is 0 Å². The number of carboxylic acid groups (broad SMARTS) is 1. The number of benzene rings is 2. The Balaban J connectivity index is 1.34. The number of hydrogen-bond acceptors (Lipinski definition) is 6. The van der Waals surface area contributed by atoms with Gasteiger partial charge in [0, 0.05) is 37.6 Å². The van der Waals surface area contributed by atoms with Crippen LogP contribution in [0, 0.1) is 6.92 Å². The second kappa shape index (κ2) is 7.86. The van der Waals surface area contributed by atoms with E-state index in [1.54, 1.807) is 12.1 Å². The Morgan fingerprint density at radius 1 is 1.19 bits per heavy atom. The minimum Gasteiger partial charge on any atom is -0.449 e. The molecule has 0 bridgehead atoms. The molecule has 0 radical (unpaired) electrons. The predicted molar refractivity (Wildman–Crippen MR) is 122 cm³/mol. The molecule has 1 aliphatic heterocycles. The fourth-order valence-corrected chi connectivity index (χ4v) is 4.76. The lowest BCUT2D eigenvalue weighted by Gasteiger charge is -2.36. The quantitative estimate of drug-likeness (QED) is 0.402. The van der Waals surface area contributed by atoms with E-state index in [0.29, 0.717) is 42.8 Å². The van der Waals surface area contributed by atoms with E-state index >= 15 is 0 Å². The molecule has 0 spiro atoms. The lowest BCUT2D eigenvalue weighted by atomic mass is 10.1. The summed E-state index contributed by atoms with van der Waals surface area (Å²) in [7, 11) is 0. The topological polar surface area (TPSA) is 112 Å². The Hall–Kier alpha value is -3.53. The highest BCUT2D eigenvalue weighted by molar-refractivity contribution is 9.10. The first kappa shape index (κ1) is 20.4. The Bertz CT molecular complexity index is 1350. The number of ether oxygens (including phenoxy) is 1. The van der Waals surface area contributed by atoms with Gasteiger partial charge in [-0.1, -0.05) is 6.07 Å². The molecule has 0 aliphatic carbocycles. The van der Waals surface area contributed by atoms with Crippen molar-refractivity contribution in [2.45, 2.75) is 6.92 Å². The number of H-pyrrole nitrogens is 1. The monoisotopic (exact) mass is 498 g/mol. The summed E-state index contributed by atoms with van der Waals surface area (Å²) < 4.78 is 10.8. The van der Waals surface area contributed by atoms with E-state index in [2.05, 4.69) is 35.5 Å². The molecule has 1 fully saturated rings. The Morgan fingerprint density at radius 3 is 2.72 bits per heavy atom. The van der Waals surface area contributed by atoms with Gasteiger partial charge in [0.05, 0.1) is 21.2 Å². The van der Waals surface area contributed by atoms with Gasteiger partial charge < -0.3 is 29.0 Å². The van der Waals surface area contributed by atoms with Crippen molar-refractivity contribution in [3.63, 3.8) is 0 Å². The number of aromatic amines is 1. The summed E-state index contributed by atoms with van der Waals surface area (Å²) in [6.45, 7) is 4.33. The number of carbonyl (C=O) groups excluding carboxylic acids is 1. The van der Waals surface area contributed by atoms with Crippen LogP contribution in [0.5, 0.6) is 5.95 Å². The van der Waals surface area contributed by atoms with Crippen LogP contribution in [0.3, 0.4) is 0 Å². The number of fused-ring (bicyclic) bond motifs is 2. The maximum atomic E-state index is 13.2.